The van der Waals surface area contributed by atoms with Crippen molar-refractivity contribution in [3.8, 4) is 0 Å². The Labute approximate surface area is 158 Å². The fraction of sp³-hybridized carbons (Fsp3) is 0.667. The molecule has 1 aliphatic heterocycles. The van der Waals surface area contributed by atoms with Gasteiger partial charge in [-0.2, -0.15) is 0 Å². The minimum absolute atomic E-state index is 0. The van der Waals surface area contributed by atoms with Crippen molar-refractivity contribution in [1.82, 2.24) is 10.0 Å². The van der Waals surface area contributed by atoms with Crippen molar-refractivity contribution in [3.05, 3.63) is 29.8 Å². The Hall–Kier alpha value is -0.660. The first-order valence-electron chi connectivity index (χ1n) is 8.59. The van der Waals surface area contributed by atoms with E-state index in [-0.39, 0.29) is 23.4 Å². The third kappa shape index (κ3) is 5.41. The van der Waals surface area contributed by atoms with E-state index in [4.69, 9.17) is 4.74 Å². The summed E-state index contributed by atoms with van der Waals surface area (Å²) in [4.78, 5) is 0.309. The molecule has 1 aromatic carbocycles. The van der Waals surface area contributed by atoms with Crippen LogP contribution in [-0.2, 0) is 20.2 Å². The van der Waals surface area contributed by atoms with Gasteiger partial charge in [0, 0.05) is 13.7 Å². The molecule has 2 N–H and O–H groups in total. The molecular weight excluding hydrogens is 360 g/mol. The summed E-state index contributed by atoms with van der Waals surface area (Å²) in [7, 11) is -1.88. The Morgan fingerprint density at radius 3 is 2.40 bits per heavy atom. The number of ether oxygens (including phenoxy) is 1. The van der Waals surface area contributed by atoms with Crippen molar-refractivity contribution >= 4 is 22.4 Å². The van der Waals surface area contributed by atoms with Crippen LogP contribution < -0.4 is 10.0 Å². The maximum absolute atomic E-state index is 12.6. The van der Waals surface area contributed by atoms with Crippen molar-refractivity contribution in [3.63, 3.8) is 0 Å². The molecule has 0 aliphatic carbocycles. The van der Waals surface area contributed by atoms with Crippen molar-refractivity contribution in [2.45, 2.75) is 55.9 Å². The summed E-state index contributed by atoms with van der Waals surface area (Å²) in [6.45, 7) is 8.19. The number of rotatable bonds is 8. The number of halogens is 1. The molecule has 0 spiro atoms. The van der Waals surface area contributed by atoms with Gasteiger partial charge in [-0.05, 0) is 48.9 Å². The lowest BCUT2D eigenvalue weighted by molar-refractivity contribution is 0.122. The topological polar surface area (TPSA) is 67.4 Å². The van der Waals surface area contributed by atoms with Gasteiger partial charge in [-0.15, -0.1) is 12.4 Å². The molecule has 1 aliphatic rings. The number of nitrogens with one attached hydrogen (secondary N) is 2. The van der Waals surface area contributed by atoms with Crippen LogP contribution in [0.5, 0.6) is 0 Å². The third-order valence-corrected chi connectivity index (χ3v) is 6.60. The van der Waals surface area contributed by atoms with E-state index in [0.717, 1.165) is 31.4 Å². The molecule has 0 amide bonds. The van der Waals surface area contributed by atoms with Crippen molar-refractivity contribution < 1.29 is 13.2 Å². The summed E-state index contributed by atoms with van der Waals surface area (Å²) < 4.78 is 33.2. The highest BCUT2D eigenvalue weighted by molar-refractivity contribution is 7.89. The van der Waals surface area contributed by atoms with Crippen molar-refractivity contribution in [2.24, 2.45) is 0 Å². The monoisotopic (exact) mass is 390 g/mol. The molecule has 2 rings (SSSR count). The van der Waals surface area contributed by atoms with E-state index in [1.54, 1.807) is 19.2 Å². The summed E-state index contributed by atoms with van der Waals surface area (Å²) in [5.41, 5.74) is 0.898. The molecule has 1 unspecified atom stereocenters. The SMILES string of the molecule is CCC(C)(C)c1ccc(S(=O)(=O)NCC2(COC)CCCN2)cc1.Cl. The lowest BCUT2D eigenvalue weighted by atomic mass is 9.82. The second kappa shape index (κ2) is 8.82. The number of hydrogen-bond acceptors (Lipinski definition) is 4. The maximum Gasteiger partial charge on any atom is 0.240 e. The molecule has 7 heteroatoms. The van der Waals surface area contributed by atoms with E-state index in [1.807, 2.05) is 12.1 Å². The van der Waals surface area contributed by atoms with Gasteiger partial charge in [-0.1, -0.05) is 32.9 Å². The molecule has 0 saturated carbocycles. The summed E-state index contributed by atoms with van der Waals surface area (Å²) in [6, 6.07) is 7.22. The van der Waals surface area contributed by atoms with Crippen molar-refractivity contribution in [2.75, 3.05) is 26.8 Å². The summed E-state index contributed by atoms with van der Waals surface area (Å²) in [5.74, 6) is 0. The first-order valence-corrected chi connectivity index (χ1v) is 10.1. The van der Waals surface area contributed by atoms with Gasteiger partial charge in [0.25, 0.3) is 0 Å². The third-order valence-electron chi connectivity index (χ3n) is 5.18. The van der Waals surface area contributed by atoms with Crippen LogP contribution in [-0.4, -0.2) is 40.8 Å². The van der Waals surface area contributed by atoms with Crippen LogP contribution in [0.3, 0.4) is 0 Å². The van der Waals surface area contributed by atoms with Crippen LogP contribution in [0, 0.1) is 0 Å². The van der Waals surface area contributed by atoms with Gasteiger partial charge in [0.2, 0.25) is 10.0 Å². The largest absolute Gasteiger partial charge is 0.383 e. The second-order valence-electron chi connectivity index (χ2n) is 7.33. The summed E-state index contributed by atoms with van der Waals surface area (Å²) in [6.07, 6.45) is 2.95. The van der Waals surface area contributed by atoms with Gasteiger partial charge in [0.05, 0.1) is 17.0 Å². The molecule has 25 heavy (non-hydrogen) atoms. The molecule has 0 bridgehead atoms. The van der Waals surface area contributed by atoms with Gasteiger partial charge in [0.1, 0.15) is 0 Å². The quantitative estimate of drug-likeness (QED) is 0.716. The number of sulfonamides is 1. The molecule has 1 atom stereocenters. The lowest BCUT2D eigenvalue weighted by Crippen LogP contribution is -2.52. The number of methoxy groups -OCH3 is 1. The van der Waals surface area contributed by atoms with E-state index in [9.17, 15) is 8.42 Å². The van der Waals surface area contributed by atoms with E-state index >= 15 is 0 Å². The standard InChI is InChI=1S/C18H30N2O3S.ClH/c1-5-17(2,3)15-7-9-16(10-8-15)24(21,22)20-13-18(14-23-4)11-6-12-19-18;/h7-10,19-20H,5-6,11-14H2,1-4H3;1H. The average molecular weight is 391 g/mol. The van der Waals surface area contributed by atoms with Gasteiger partial charge in [-0.25, -0.2) is 13.1 Å². The van der Waals surface area contributed by atoms with E-state index in [0.29, 0.717) is 18.0 Å². The number of hydrogen-bond donors (Lipinski definition) is 2. The zero-order valence-electron chi connectivity index (χ0n) is 15.6. The Morgan fingerprint density at radius 1 is 1.28 bits per heavy atom. The first-order chi connectivity index (χ1) is 11.2. The minimum Gasteiger partial charge on any atom is -0.383 e. The Bertz CT molecular complexity index is 639. The molecule has 5 nitrogen and oxygen atoms in total. The maximum atomic E-state index is 12.6. The van der Waals surface area contributed by atoms with E-state index < -0.39 is 10.0 Å². The average Bonchev–Trinajstić information content (AvgIpc) is 3.03. The molecule has 1 saturated heterocycles. The van der Waals surface area contributed by atoms with Gasteiger partial charge in [-0.3, -0.25) is 0 Å². The Morgan fingerprint density at radius 2 is 1.92 bits per heavy atom. The summed E-state index contributed by atoms with van der Waals surface area (Å²) >= 11 is 0. The Balaban J connectivity index is 0.00000312. The predicted molar refractivity (Wildman–Crippen MR) is 104 cm³/mol. The van der Waals surface area contributed by atoms with Gasteiger partial charge >= 0.3 is 0 Å². The van der Waals surface area contributed by atoms with Crippen molar-refractivity contribution in [1.29, 1.82) is 0 Å². The van der Waals surface area contributed by atoms with Crippen LogP contribution in [0.2, 0.25) is 0 Å². The molecule has 1 aromatic rings. The molecule has 144 valence electrons. The van der Waals surface area contributed by atoms with Gasteiger partial charge < -0.3 is 10.1 Å². The molecule has 1 fully saturated rings. The zero-order chi connectivity index (χ0) is 17.8. The highest BCUT2D eigenvalue weighted by Gasteiger charge is 2.34. The highest BCUT2D eigenvalue weighted by atomic mass is 35.5. The van der Waals surface area contributed by atoms with Crippen LogP contribution in [0.25, 0.3) is 0 Å². The summed E-state index contributed by atoms with van der Waals surface area (Å²) in [5, 5.41) is 3.38. The van der Waals surface area contributed by atoms with Crippen LogP contribution in [0.4, 0.5) is 0 Å². The molecule has 1 heterocycles. The smallest absolute Gasteiger partial charge is 0.240 e. The number of benzene rings is 1. The van der Waals surface area contributed by atoms with Gasteiger partial charge in [0.15, 0.2) is 0 Å². The molecule has 0 aromatic heterocycles. The van der Waals surface area contributed by atoms with E-state index in [1.165, 1.54) is 0 Å². The predicted octanol–water partition coefficient (Wildman–Crippen LogP) is 2.84. The fourth-order valence-corrected chi connectivity index (χ4v) is 4.20. The molecular formula is C18H31ClN2O3S. The zero-order valence-corrected chi connectivity index (χ0v) is 17.2. The van der Waals surface area contributed by atoms with Crippen LogP contribution >= 0.6 is 12.4 Å². The lowest BCUT2D eigenvalue weighted by Gasteiger charge is -2.29. The normalized spacial score (nSPS) is 21.1. The Kier molecular flexibility index (Phi) is 7.90. The second-order valence-corrected chi connectivity index (χ2v) is 9.10. The van der Waals surface area contributed by atoms with Crippen LogP contribution in [0.1, 0.15) is 45.6 Å². The first kappa shape index (κ1) is 22.4. The highest BCUT2D eigenvalue weighted by Crippen LogP contribution is 2.27. The van der Waals surface area contributed by atoms with Crippen LogP contribution in [0.15, 0.2) is 29.2 Å². The molecule has 0 radical (unpaired) electrons. The fourth-order valence-electron chi connectivity index (χ4n) is 3.08. The van der Waals surface area contributed by atoms with E-state index in [2.05, 4.69) is 30.8 Å². The minimum atomic E-state index is -3.52.